The first-order valence-corrected chi connectivity index (χ1v) is 9.48. The molecule has 3 N–H and O–H groups in total. The molecule has 1 aromatic heterocycles. The van der Waals surface area contributed by atoms with Crippen LogP contribution in [0.1, 0.15) is 51.1 Å². The van der Waals surface area contributed by atoms with Crippen molar-refractivity contribution in [3.63, 3.8) is 0 Å². The maximum Gasteiger partial charge on any atom is 0.242 e. The minimum Gasteiger partial charge on any atom is -0.363 e. The van der Waals surface area contributed by atoms with Crippen LogP contribution in [0, 0.1) is 5.92 Å². The lowest BCUT2D eigenvalue weighted by atomic mass is 10.1. The summed E-state index contributed by atoms with van der Waals surface area (Å²) < 4.78 is 27.1. The van der Waals surface area contributed by atoms with Crippen molar-refractivity contribution in [2.45, 2.75) is 56.9 Å². The van der Waals surface area contributed by atoms with E-state index in [0.29, 0.717) is 23.9 Å². The van der Waals surface area contributed by atoms with Crippen LogP contribution in [0.25, 0.3) is 0 Å². The highest BCUT2D eigenvalue weighted by Crippen LogP contribution is 2.27. The average molecular weight is 313 g/mol. The highest BCUT2D eigenvalue weighted by Gasteiger charge is 2.18. The lowest BCUT2D eigenvalue weighted by Crippen LogP contribution is -2.25. The van der Waals surface area contributed by atoms with Crippen molar-refractivity contribution in [1.29, 1.82) is 0 Å². The fraction of sp³-hybridized carbons (Fsp3) is 0.733. The molecule has 0 aliphatic heterocycles. The van der Waals surface area contributed by atoms with E-state index in [-0.39, 0.29) is 0 Å². The summed E-state index contributed by atoms with van der Waals surface area (Å²) in [5, 5.41) is 3.25. The molecular formula is C15H27N3O2S. The van der Waals surface area contributed by atoms with Gasteiger partial charge in [0.1, 0.15) is 0 Å². The number of nitrogens with one attached hydrogen (secondary N) is 3. The zero-order valence-electron chi connectivity index (χ0n) is 12.8. The van der Waals surface area contributed by atoms with E-state index < -0.39 is 10.0 Å². The van der Waals surface area contributed by atoms with Crippen molar-refractivity contribution in [1.82, 2.24) is 15.0 Å². The zero-order valence-corrected chi connectivity index (χ0v) is 13.6. The van der Waals surface area contributed by atoms with Crippen LogP contribution in [-0.2, 0) is 16.6 Å². The smallest absolute Gasteiger partial charge is 0.242 e. The highest BCUT2D eigenvalue weighted by molar-refractivity contribution is 7.89. The van der Waals surface area contributed by atoms with Crippen LogP contribution < -0.4 is 10.0 Å². The first kappa shape index (κ1) is 16.5. The Kier molecular flexibility index (Phi) is 6.26. The lowest BCUT2D eigenvalue weighted by Gasteiger charge is -2.09. The van der Waals surface area contributed by atoms with Gasteiger partial charge in [0.15, 0.2) is 0 Å². The van der Waals surface area contributed by atoms with Gasteiger partial charge in [-0.05, 0) is 31.4 Å². The van der Waals surface area contributed by atoms with Gasteiger partial charge in [-0.3, -0.25) is 0 Å². The fourth-order valence-electron chi connectivity index (χ4n) is 2.86. The van der Waals surface area contributed by atoms with Crippen LogP contribution >= 0.6 is 0 Å². The van der Waals surface area contributed by atoms with Crippen LogP contribution in [0.15, 0.2) is 17.2 Å². The van der Waals surface area contributed by atoms with Crippen molar-refractivity contribution in [3.05, 3.63) is 18.0 Å². The Bertz CT molecular complexity index is 519. The third-order valence-corrected chi connectivity index (χ3v) is 5.53. The summed E-state index contributed by atoms with van der Waals surface area (Å²) in [6.45, 7) is 4.25. The quantitative estimate of drug-likeness (QED) is 0.613. The zero-order chi connectivity index (χ0) is 15.1. The van der Waals surface area contributed by atoms with Crippen molar-refractivity contribution < 1.29 is 8.42 Å². The van der Waals surface area contributed by atoms with E-state index in [0.717, 1.165) is 25.1 Å². The molecule has 0 atom stereocenters. The van der Waals surface area contributed by atoms with Gasteiger partial charge >= 0.3 is 0 Å². The molecule has 0 unspecified atom stereocenters. The number of hydrogen-bond donors (Lipinski definition) is 3. The molecule has 0 spiro atoms. The molecule has 1 saturated carbocycles. The van der Waals surface area contributed by atoms with Gasteiger partial charge in [0.25, 0.3) is 0 Å². The number of sulfonamides is 1. The summed E-state index contributed by atoms with van der Waals surface area (Å²) in [5.41, 5.74) is 0.902. The lowest BCUT2D eigenvalue weighted by molar-refractivity contribution is 0.495. The molecule has 0 saturated heterocycles. The second-order valence-electron chi connectivity index (χ2n) is 5.87. The Morgan fingerprint density at radius 1 is 1.29 bits per heavy atom. The minimum atomic E-state index is -3.37. The van der Waals surface area contributed by atoms with E-state index >= 15 is 0 Å². The SMILES string of the molecule is CCCNCc1cc(S(=O)(=O)NCCC2CCCC2)c[nH]1. The molecule has 21 heavy (non-hydrogen) atoms. The van der Waals surface area contributed by atoms with Gasteiger partial charge in [0, 0.05) is 25.0 Å². The molecule has 0 amide bonds. The minimum absolute atomic E-state index is 0.335. The molecule has 0 bridgehead atoms. The van der Waals surface area contributed by atoms with Crippen molar-refractivity contribution in [3.8, 4) is 0 Å². The van der Waals surface area contributed by atoms with Gasteiger partial charge in [0.2, 0.25) is 10.0 Å². The fourth-order valence-corrected chi connectivity index (χ4v) is 3.92. The molecular weight excluding hydrogens is 286 g/mol. The van der Waals surface area contributed by atoms with E-state index in [1.807, 2.05) is 0 Å². The van der Waals surface area contributed by atoms with Gasteiger partial charge in [-0.2, -0.15) is 0 Å². The Labute approximate surface area is 128 Å². The van der Waals surface area contributed by atoms with Crippen LogP contribution in [0.4, 0.5) is 0 Å². The maximum absolute atomic E-state index is 12.2. The molecule has 120 valence electrons. The van der Waals surface area contributed by atoms with Crippen LogP contribution in [0.3, 0.4) is 0 Å². The maximum atomic E-state index is 12.2. The van der Waals surface area contributed by atoms with Gasteiger partial charge in [-0.1, -0.05) is 32.6 Å². The predicted molar refractivity (Wildman–Crippen MR) is 84.6 cm³/mol. The number of hydrogen-bond acceptors (Lipinski definition) is 3. The summed E-state index contributed by atoms with van der Waals surface area (Å²) in [4.78, 5) is 3.36. The van der Waals surface area contributed by atoms with Crippen LogP contribution in [0.5, 0.6) is 0 Å². The number of rotatable bonds is 9. The summed E-state index contributed by atoms with van der Waals surface area (Å²) >= 11 is 0. The molecule has 5 nitrogen and oxygen atoms in total. The van der Waals surface area contributed by atoms with E-state index in [1.165, 1.54) is 25.7 Å². The van der Waals surface area contributed by atoms with Crippen molar-refractivity contribution in [2.24, 2.45) is 5.92 Å². The van der Waals surface area contributed by atoms with Crippen LogP contribution in [-0.4, -0.2) is 26.5 Å². The van der Waals surface area contributed by atoms with E-state index in [2.05, 4.69) is 21.9 Å². The van der Waals surface area contributed by atoms with Gasteiger partial charge < -0.3 is 10.3 Å². The molecule has 1 aliphatic rings. The number of aromatic nitrogens is 1. The summed E-state index contributed by atoms with van der Waals surface area (Å²) in [6, 6.07) is 1.71. The van der Waals surface area contributed by atoms with E-state index in [9.17, 15) is 8.42 Å². The third kappa shape index (κ3) is 5.13. The Morgan fingerprint density at radius 3 is 2.76 bits per heavy atom. The van der Waals surface area contributed by atoms with E-state index in [4.69, 9.17) is 0 Å². The van der Waals surface area contributed by atoms with Crippen molar-refractivity contribution >= 4 is 10.0 Å². The number of aromatic amines is 1. The second kappa shape index (κ2) is 7.96. The largest absolute Gasteiger partial charge is 0.363 e. The Balaban J connectivity index is 1.80. The first-order valence-electron chi connectivity index (χ1n) is 7.99. The van der Waals surface area contributed by atoms with Crippen LogP contribution in [0.2, 0.25) is 0 Å². The monoisotopic (exact) mass is 313 g/mol. The summed E-state index contributed by atoms with van der Waals surface area (Å²) in [6.07, 6.45) is 8.68. The molecule has 1 aromatic rings. The molecule has 2 rings (SSSR count). The molecule has 6 heteroatoms. The molecule has 1 aliphatic carbocycles. The Morgan fingerprint density at radius 2 is 2.05 bits per heavy atom. The first-order chi connectivity index (χ1) is 10.1. The van der Waals surface area contributed by atoms with Crippen molar-refractivity contribution in [2.75, 3.05) is 13.1 Å². The third-order valence-electron chi connectivity index (χ3n) is 4.09. The average Bonchev–Trinajstić information content (AvgIpc) is 3.10. The molecule has 0 aromatic carbocycles. The standard InChI is InChI=1S/C15H27N3O2S/c1-2-8-16-11-14-10-15(12-17-14)21(19,20)18-9-7-13-5-3-4-6-13/h10,12-13,16-18H,2-9,11H2,1H3. The summed E-state index contributed by atoms with van der Waals surface area (Å²) in [7, 11) is -3.37. The normalized spacial score (nSPS) is 16.6. The van der Waals surface area contributed by atoms with E-state index in [1.54, 1.807) is 12.3 Å². The van der Waals surface area contributed by atoms with Gasteiger partial charge in [-0.25, -0.2) is 13.1 Å². The molecule has 1 fully saturated rings. The predicted octanol–water partition coefficient (Wildman–Crippen LogP) is 2.37. The molecule has 0 radical (unpaired) electrons. The van der Waals surface area contributed by atoms with Gasteiger partial charge in [-0.15, -0.1) is 0 Å². The highest BCUT2D eigenvalue weighted by atomic mass is 32.2. The summed E-state index contributed by atoms with van der Waals surface area (Å²) in [5.74, 6) is 0.702. The number of H-pyrrole nitrogens is 1. The Hall–Kier alpha value is -0.850. The topological polar surface area (TPSA) is 74.0 Å². The van der Waals surface area contributed by atoms with Gasteiger partial charge in [0.05, 0.1) is 4.90 Å². The second-order valence-corrected chi connectivity index (χ2v) is 7.64. The molecule has 1 heterocycles.